The normalized spacial score (nSPS) is 12.7. The van der Waals surface area contributed by atoms with Gasteiger partial charge in [0.05, 0.1) is 0 Å². The number of alkyl halides is 1. The Bertz CT molecular complexity index is 609. The van der Waals surface area contributed by atoms with Crippen LogP contribution in [0.15, 0.2) is 54.6 Å². The van der Waals surface area contributed by atoms with Gasteiger partial charge in [0, 0.05) is 12.9 Å². The van der Waals surface area contributed by atoms with Gasteiger partial charge in [-0.2, -0.15) is 0 Å². The van der Waals surface area contributed by atoms with E-state index in [0.29, 0.717) is 0 Å². The molecule has 0 saturated carbocycles. The molecule has 0 atom stereocenters. The maximum absolute atomic E-state index is 4.64. The summed E-state index contributed by atoms with van der Waals surface area (Å²) in [5.41, 5.74) is 7.21. The van der Waals surface area contributed by atoms with Gasteiger partial charge in [-0.1, -0.05) is 54.6 Å². The third-order valence-corrected chi connectivity index (χ3v) is 4.20. The Morgan fingerprint density at radius 2 is 1.35 bits per heavy atom. The number of nitrogens with zero attached hydrogens (tertiary/aromatic N) is 1. The number of benzene rings is 2. The SMILES string of the molecule is CCl.CN(C)CCC=C1c2ccccc2CCc2ccccc21. The fraction of sp³-hybridized carbons (Fsp3) is 0.333. The summed E-state index contributed by atoms with van der Waals surface area (Å²) in [4.78, 5) is 2.24. The topological polar surface area (TPSA) is 3.24 Å². The monoisotopic (exact) mass is 327 g/mol. The van der Waals surface area contributed by atoms with Crippen molar-refractivity contribution in [1.29, 1.82) is 0 Å². The molecular weight excluding hydrogens is 302 g/mol. The van der Waals surface area contributed by atoms with E-state index in [1.54, 1.807) is 0 Å². The van der Waals surface area contributed by atoms with Gasteiger partial charge < -0.3 is 4.90 Å². The summed E-state index contributed by atoms with van der Waals surface area (Å²) in [5.74, 6) is 0. The van der Waals surface area contributed by atoms with Crippen LogP contribution in [0.2, 0.25) is 0 Å². The molecule has 0 N–H and O–H groups in total. The molecular formula is C21H26ClN. The van der Waals surface area contributed by atoms with Gasteiger partial charge in [-0.25, -0.2) is 0 Å². The minimum absolute atomic E-state index is 1.09. The minimum atomic E-state index is 1.09. The van der Waals surface area contributed by atoms with Gasteiger partial charge in [0.2, 0.25) is 0 Å². The van der Waals surface area contributed by atoms with E-state index in [9.17, 15) is 0 Å². The number of rotatable bonds is 3. The molecule has 1 aliphatic carbocycles. The lowest BCUT2D eigenvalue weighted by Gasteiger charge is -2.13. The molecule has 2 aromatic rings. The molecule has 0 spiro atoms. The molecule has 0 amide bonds. The number of hydrogen-bond acceptors (Lipinski definition) is 1. The number of aryl methyl sites for hydroxylation is 2. The predicted molar refractivity (Wildman–Crippen MR) is 102 cm³/mol. The lowest BCUT2D eigenvalue weighted by Crippen LogP contribution is -2.12. The van der Waals surface area contributed by atoms with Gasteiger partial charge in [-0.15, -0.1) is 11.6 Å². The van der Waals surface area contributed by atoms with Crippen molar-refractivity contribution in [3.05, 3.63) is 76.9 Å². The summed E-state index contributed by atoms with van der Waals surface area (Å²) in [6.45, 7) is 1.09. The molecule has 1 nitrogen and oxygen atoms in total. The second-order valence-corrected chi connectivity index (χ2v) is 6.02. The lowest BCUT2D eigenvalue weighted by atomic mass is 9.93. The lowest BCUT2D eigenvalue weighted by molar-refractivity contribution is 0.417. The first-order chi connectivity index (χ1) is 11.3. The highest BCUT2D eigenvalue weighted by Crippen LogP contribution is 2.33. The van der Waals surface area contributed by atoms with E-state index in [1.807, 2.05) is 0 Å². The van der Waals surface area contributed by atoms with Crippen LogP contribution >= 0.6 is 11.6 Å². The fourth-order valence-corrected chi connectivity index (χ4v) is 3.10. The van der Waals surface area contributed by atoms with Crippen molar-refractivity contribution in [3.8, 4) is 0 Å². The molecule has 2 heteroatoms. The van der Waals surface area contributed by atoms with E-state index in [4.69, 9.17) is 0 Å². The average molecular weight is 328 g/mol. The molecule has 0 aliphatic heterocycles. The van der Waals surface area contributed by atoms with Gasteiger partial charge in [0.25, 0.3) is 0 Å². The van der Waals surface area contributed by atoms with E-state index in [1.165, 1.54) is 34.2 Å². The van der Waals surface area contributed by atoms with Crippen molar-refractivity contribution >= 4 is 17.2 Å². The van der Waals surface area contributed by atoms with Crippen LogP contribution in [0.1, 0.15) is 28.7 Å². The first kappa shape index (κ1) is 17.8. The van der Waals surface area contributed by atoms with Gasteiger partial charge in [-0.05, 0) is 61.2 Å². The molecule has 3 rings (SSSR count). The Balaban J connectivity index is 0.000000924. The third kappa shape index (κ3) is 4.46. The predicted octanol–water partition coefficient (Wildman–Crippen LogP) is 5.02. The van der Waals surface area contributed by atoms with E-state index in [0.717, 1.165) is 25.8 Å². The number of fused-ring (bicyclic) bond motifs is 2. The van der Waals surface area contributed by atoms with E-state index in [2.05, 4.69) is 85.2 Å². The Morgan fingerprint density at radius 3 is 1.83 bits per heavy atom. The molecule has 0 bridgehead atoms. The summed E-state index contributed by atoms with van der Waals surface area (Å²) in [7, 11) is 4.26. The highest BCUT2D eigenvalue weighted by atomic mass is 35.5. The Hall–Kier alpha value is -1.57. The van der Waals surface area contributed by atoms with Gasteiger partial charge in [0.15, 0.2) is 0 Å². The second kappa shape index (κ2) is 8.90. The molecule has 0 aromatic heterocycles. The smallest absolute Gasteiger partial charge is 0.0108 e. The molecule has 2 aromatic carbocycles. The van der Waals surface area contributed by atoms with E-state index in [-0.39, 0.29) is 0 Å². The van der Waals surface area contributed by atoms with Crippen LogP contribution in [-0.4, -0.2) is 31.9 Å². The molecule has 0 radical (unpaired) electrons. The second-order valence-electron chi connectivity index (χ2n) is 6.02. The molecule has 23 heavy (non-hydrogen) atoms. The highest BCUT2D eigenvalue weighted by molar-refractivity contribution is 6.15. The van der Waals surface area contributed by atoms with Crippen LogP contribution in [0.4, 0.5) is 0 Å². The largest absolute Gasteiger partial charge is 0.309 e. The Labute approximate surface area is 145 Å². The number of hydrogen-bond donors (Lipinski definition) is 0. The maximum Gasteiger partial charge on any atom is 0.0108 e. The fourth-order valence-electron chi connectivity index (χ4n) is 3.10. The summed E-state index contributed by atoms with van der Waals surface area (Å²) in [6.07, 6.45) is 7.25. The summed E-state index contributed by atoms with van der Waals surface area (Å²) in [5, 5.41) is 0. The molecule has 0 saturated heterocycles. The van der Waals surface area contributed by atoms with Crippen molar-refractivity contribution < 1.29 is 0 Å². The van der Waals surface area contributed by atoms with Crippen LogP contribution in [-0.2, 0) is 12.8 Å². The highest BCUT2D eigenvalue weighted by Gasteiger charge is 2.16. The molecule has 1 aliphatic rings. The quantitative estimate of drug-likeness (QED) is 0.715. The first-order valence-corrected chi connectivity index (χ1v) is 8.90. The van der Waals surface area contributed by atoms with Crippen molar-refractivity contribution in [2.24, 2.45) is 0 Å². The van der Waals surface area contributed by atoms with Crippen molar-refractivity contribution in [2.75, 3.05) is 27.0 Å². The first-order valence-electron chi connectivity index (χ1n) is 8.15. The summed E-state index contributed by atoms with van der Waals surface area (Å²) in [6, 6.07) is 17.7. The van der Waals surface area contributed by atoms with Crippen LogP contribution in [0.3, 0.4) is 0 Å². The zero-order valence-corrected chi connectivity index (χ0v) is 15.1. The molecule has 0 fully saturated rings. The summed E-state index contributed by atoms with van der Waals surface area (Å²) < 4.78 is 0. The van der Waals surface area contributed by atoms with Crippen LogP contribution in [0.25, 0.3) is 5.57 Å². The van der Waals surface area contributed by atoms with Gasteiger partial charge in [0.1, 0.15) is 0 Å². The third-order valence-electron chi connectivity index (χ3n) is 4.20. The number of halogens is 1. The molecule has 0 unspecified atom stereocenters. The maximum atomic E-state index is 4.64. The Morgan fingerprint density at radius 1 is 0.870 bits per heavy atom. The summed E-state index contributed by atoms with van der Waals surface area (Å²) >= 11 is 4.64. The van der Waals surface area contributed by atoms with Crippen LogP contribution < -0.4 is 0 Å². The van der Waals surface area contributed by atoms with Crippen LogP contribution in [0, 0.1) is 0 Å². The zero-order valence-electron chi connectivity index (χ0n) is 14.3. The Kier molecular flexibility index (Phi) is 6.88. The standard InChI is InChI=1S/C20H23N.CH3Cl/c1-21(2)15-7-12-20-18-10-5-3-8-16(18)13-14-17-9-4-6-11-19(17)20;1-2/h3-6,8-12H,7,13-15H2,1-2H3;1H3. The molecule has 0 heterocycles. The average Bonchev–Trinajstić information content (AvgIpc) is 2.74. The van der Waals surface area contributed by atoms with Gasteiger partial charge in [-0.3, -0.25) is 0 Å². The van der Waals surface area contributed by atoms with E-state index >= 15 is 0 Å². The zero-order chi connectivity index (χ0) is 16.7. The van der Waals surface area contributed by atoms with Crippen LogP contribution in [0.5, 0.6) is 0 Å². The minimum Gasteiger partial charge on any atom is -0.309 e. The van der Waals surface area contributed by atoms with Gasteiger partial charge >= 0.3 is 0 Å². The van der Waals surface area contributed by atoms with Crippen molar-refractivity contribution in [3.63, 3.8) is 0 Å². The van der Waals surface area contributed by atoms with Crippen molar-refractivity contribution in [1.82, 2.24) is 4.90 Å². The molecule has 122 valence electrons. The van der Waals surface area contributed by atoms with E-state index < -0.39 is 0 Å². The van der Waals surface area contributed by atoms with Crippen molar-refractivity contribution in [2.45, 2.75) is 19.3 Å².